The van der Waals surface area contributed by atoms with Crippen LogP contribution in [0, 0.1) is 0 Å². The minimum absolute atomic E-state index is 0.283. The quantitative estimate of drug-likeness (QED) is 0.841. The Morgan fingerprint density at radius 3 is 3.06 bits per heavy atom. The van der Waals surface area contributed by atoms with E-state index in [9.17, 15) is 4.79 Å². The highest BCUT2D eigenvalue weighted by molar-refractivity contribution is 7.20. The van der Waals surface area contributed by atoms with Gasteiger partial charge in [0.1, 0.15) is 0 Å². The van der Waals surface area contributed by atoms with Gasteiger partial charge in [-0.2, -0.15) is 0 Å². The highest BCUT2D eigenvalue weighted by Gasteiger charge is 2.19. The maximum Gasteiger partial charge on any atom is 0.174 e. The Hall–Kier alpha value is -1.19. The van der Waals surface area contributed by atoms with Crippen molar-refractivity contribution < 1.29 is 4.79 Å². The predicted molar refractivity (Wildman–Crippen MR) is 71.8 cm³/mol. The van der Waals surface area contributed by atoms with Crippen molar-refractivity contribution in [3.63, 3.8) is 0 Å². The first-order chi connectivity index (χ1) is 8.33. The molecule has 3 rings (SSSR count). The van der Waals surface area contributed by atoms with Gasteiger partial charge < -0.3 is 5.32 Å². The first-order valence-corrected chi connectivity index (χ1v) is 6.90. The number of hydrogen-bond donors (Lipinski definition) is 1. The van der Waals surface area contributed by atoms with Gasteiger partial charge in [-0.15, -0.1) is 11.3 Å². The first kappa shape index (κ1) is 10.9. The van der Waals surface area contributed by atoms with Gasteiger partial charge in [0, 0.05) is 17.2 Å². The molecule has 1 atom stereocenters. The van der Waals surface area contributed by atoms with Gasteiger partial charge in [0.15, 0.2) is 5.78 Å². The Morgan fingerprint density at radius 1 is 1.41 bits per heavy atom. The Morgan fingerprint density at radius 2 is 2.29 bits per heavy atom. The molecule has 0 bridgehead atoms. The molecule has 0 saturated carbocycles. The zero-order valence-corrected chi connectivity index (χ0v) is 10.4. The normalized spacial score (nSPS) is 19.9. The lowest BCUT2D eigenvalue weighted by Crippen LogP contribution is -2.24. The molecule has 1 fully saturated rings. The van der Waals surface area contributed by atoms with E-state index < -0.39 is 0 Å². The van der Waals surface area contributed by atoms with Crippen LogP contribution >= 0.6 is 11.3 Å². The summed E-state index contributed by atoms with van der Waals surface area (Å²) >= 11 is 1.61. The van der Waals surface area contributed by atoms with Crippen molar-refractivity contribution in [2.75, 3.05) is 6.54 Å². The summed E-state index contributed by atoms with van der Waals surface area (Å²) in [4.78, 5) is 13.0. The van der Waals surface area contributed by atoms with E-state index in [1.165, 1.54) is 16.5 Å². The second-order valence-corrected chi connectivity index (χ2v) is 5.65. The summed E-state index contributed by atoms with van der Waals surface area (Å²) in [6.45, 7) is 1.06. The average molecular weight is 245 g/mol. The highest BCUT2D eigenvalue weighted by atomic mass is 32.1. The van der Waals surface area contributed by atoms with Crippen LogP contribution in [0.1, 0.15) is 28.9 Å². The average Bonchev–Trinajstić information content (AvgIpc) is 2.96. The van der Waals surface area contributed by atoms with E-state index in [-0.39, 0.29) is 5.78 Å². The molecule has 1 aliphatic heterocycles. The molecule has 1 N–H and O–H groups in total. The number of Topliss-reactive ketones (excluding diaryl/α,β-unsaturated/α-hetero) is 1. The third-order valence-electron chi connectivity index (χ3n) is 3.29. The molecule has 2 aromatic rings. The standard InChI is InChI=1S/C14H15NOS/c16-12(9-11-5-3-7-15-11)14-8-10-4-1-2-6-13(10)17-14/h1-2,4,6,8,11,15H,3,5,7,9H2. The van der Waals surface area contributed by atoms with Gasteiger partial charge in [-0.25, -0.2) is 0 Å². The lowest BCUT2D eigenvalue weighted by molar-refractivity contribution is 0.0975. The Kier molecular flexibility index (Phi) is 2.95. The maximum atomic E-state index is 12.1. The molecule has 1 aromatic carbocycles. The van der Waals surface area contributed by atoms with Crippen LogP contribution in [0.4, 0.5) is 0 Å². The molecule has 1 unspecified atom stereocenters. The third kappa shape index (κ3) is 2.26. The summed E-state index contributed by atoms with van der Waals surface area (Å²) in [5, 5.41) is 4.56. The minimum Gasteiger partial charge on any atom is -0.314 e. The smallest absolute Gasteiger partial charge is 0.174 e. The molecule has 1 saturated heterocycles. The second-order valence-electron chi connectivity index (χ2n) is 4.57. The van der Waals surface area contributed by atoms with Crippen molar-refractivity contribution in [1.29, 1.82) is 0 Å². The van der Waals surface area contributed by atoms with Gasteiger partial charge in [-0.05, 0) is 36.9 Å². The van der Waals surface area contributed by atoms with E-state index >= 15 is 0 Å². The molecule has 0 aliphatic carbocycles. The van der Waals surface area contributed by atoms with Gasteiger partial charge in [-0.1, -0.05) is 18.2 Å². The summed E-state index contributed by atoms with van der Waals surface area (Å²) in [6.07, 6.45) is 2.98. The van der Waals surface area contributed by atoms with Crippen LogP contribution in [0.15, 0.2) is 30.3 Å². The highest BCUT2D eigenvalue weighted by Crippen LogP contribution is 2.27. The number of carbonyl (C=O) groups is 1. The van der Waals surface area contributed by atoms with Crippen molar-refractivity contribution in [1.82, 2.24) is 5.32 Å². The van der Waals surface area contributed by atoms with Crippen molar-refractivity contribution in [2.24, 2.45) is 0 Å². The summed E-state index contributed by atoms with van der Waals surface area (Å²) in [5.41, 5.74) is 0. The van der Waals surface area contributed by atoms with Crippen molar-refractivity contribution >= 4 is 27.2 Å². The number of thiophene rings is 1. The fourth-order valence-electron chi connectivity index (χ4n) is 2.37. The lowest BCUT2D eigenvalue weighted by Gasteiger charge is -2.06. The maximum absolute atomic E-state index is 12.1. The zero-order chi connectivity index (χ0) is 11.7. The zero-order valence-electron chi connectivity index (χ0n) is 9.61. The fourth-order valence-corrected chi connectivity index (χ4v) is 3.39. The molecule has 2 heterocycles. The molecule has 0 amide bonds. The number of rotatable bonds is 3. The van der Waals surface area contributed by atoms with Gasteiger partial charge in [0.05, 0.1) is 4.88 Å². The van der Waals surface area contributed by atoms with E-state index in [4.69, 9.17) is 0 Å². The molecular formula is C14H15NOS. The first-order valence-electron chi connectivity index (χ1n) is 6.08. The molecule has 0 spiro atoms. The molecule has 17 heavy (non-hydrogen) atoms. The Bertz CT molecular complexity index is 507. The second kappa shape index (κ2) is 4.59. The minimum atomic E-state index is 0.283. The monoisotopic (exact) mass is 245 g/mol. The molecule has 3 heteroatoms. The van der Waals surface area contributed by atoms with Crippen LogP contribution in [-0.2, 0) is 0 Å². The molecular weight excluding hydrogens is 230 g/mol. The molecule has 1 aromatic heterocycles. The van der Waals surface area contributed by atoms with Gasteiger partial charge in [0.2, 0.25) is 0 Å². The van der Waals surface area contributed by atoms with Crippen LogP contribution in [0.2, 0.25) is 0 Å². The SMILES string of the molecule is O=C(CC1CCCN1)c1cc2ccccc2s1. The number of carbonyl (C=O) groups excluding carboxylic acids is 1. The number of nitrogens with one attached hydrogen (secondary N) is 1. The lowest BCUT2D eigenvalue weighted by atomic mass is 10.1. The number of hydrogen-bond acceptors (Lipinski definition) is 3. The number of fused-ring (bicyclic) bond motifs is 1. The van der Waals surface area contributed by atoms with Crippen molar-refractivity contribution in [3.8, 4) is 0 Å². The molecule has 88 valence electrons. The van der Waals surface area contributed by atoms with Crippen molar-refractivity contribution in [2.45, 2.75) is 25.3 Å². The van der Waals surface area contributed by atoms with Gasteiger partial charge >= 0.3 is 0 Å². The number of benzene rings is 1. The van der Waals surface area contributed by atoms with Gasteiger partial charge in [0.25, 0.3) is 0 Å². The van der Waals surface area contributed by atoms with Gasteiger partial charge in [-0.3, -0.25) is 4.79 Å². The molecule has 1 aliphatic rings. The largest absolute Gasteiger partial charge is 0.314 e. The van der Waals surface area contributed by atoms with E-state index in [0.717, 1.165) is 17.8 Å². The van der Waals surface area contributed by atoms with Crippen LogP contribution in [0.25, 0.3) is 10.1 Å². The van der Waals surface area contributed by atoms with E-state index in [1.54, 1.807) is 11.3 Å². The Labute approximate surface area is 105 Å². The van der Waals surface area contributed by atoms with Crippen LogP contribution in [0.5, 0.6) is 0 Å². The fraction of sp³-hybridized carbons (Fsp3) is 0.357. The van der Waals surface area contributed by atoms with E-state index in [2.05, 4.69) is 17.4 Å². The molecule has 2 nitrogen and oxygen atoms in total. The predicted octanol–water partition coefficient (Wildman–Crippen LogP) is 3.23. The topological polar surface area (TPSA) is 29.1 Å². The third-order valence-corrected chi connectivity index (χ3v) is 4.45. The summed E-state index contributed by atoms with van der Waals surface area (Å²) in [6, 6.07) is 10.6. The van der Waals surface area contributed by atoms with Crippen molar-refractivity contribution in [3.05, 3.63) is 35.2 Å². The van der Waals surface area contributed by atoms with Crippen LogP contribution in [0.3, 0.4) is 0 Å². The summed E-state index contributed by atoms with van der Waals surface area (Å²) < 4.78 is 1.20. The number of ketones is 1. The van der Waals surface area contributed by atoms with E-state index in [1.807, 2.05) is 18.2 Å². The van der Waals surface area contributed by atoms with E-state index in [0.29, 0.717) is 12.5 Å². The Balaban J connectivity index is 1.80. The van der Waals surface area contributed by atoms with Crippen LogP contribution in [-0.4, -0.2) is 18.4 Å². The summed E-state index contributed by atoms with van der Waals surface area (Å²) in [7, 11) is 0. The van der Waals surface area contributed by atoms with Crippen LogP contribution < -0.4 is 5.32 Å². The molecule has 0 radical (unpaired) electrons. The summed E-state index contributed by atoms with van der Waals surface area (Å²) in [5.74, 6) is 0.283.